The van der Waals surface area contributed by atoms with Gasteiger partial charge in [0.05, 0.1) is 11.4 Å². The predicted octanol–water partition coefficient (Wildman–Crippen LogP) is 4.31. The SMILES string of the molecule is Cc1cccc(-n2nc(-c3ccccc3F)cc2C(=O)NCc2ccncc2)c1. The van der Waals surface area contributed by atoms with Gasteiger partial charge in [0.2, 0.25) is 0 Å². The van der Waals surface area contributed by atoms with Crippen molar-refractivity contribution in [3.8, 4) is 16.9 Å². The van der Waals surface area contributed by atoms with Gasteiger partial charge in [0.25, 0.3) is 5.91 Å². The summed E-state index contributed by atoms with van der Waals surface area (Å²) in [5, 5.41) is 7.43. The first kappa shape index (κ1) is 18.6. The summed E-state index contributed by atoms with van der Waals surface area (Å²) >= 11 is 0. The zero-order valence-electron chi connectivity index (χ0n) is 15.8. The highest BCUT2D eigenvalue weighted by Crippen LogP contribution is 2.24. The van der Waals surface area contributed by atoms with Crippen LogP contribution in [0.1, 0.15) is 21.6 Å². The van der Waals surface area contributed by atoms with Crippen LogP contribution in [0.15, 0.2) is 79.1 Å². The molecule has 1 amide bonds. The van der Waals surface area contributed by atoms with E-state index in [9.17, 15) is 9.18 Å². The number of aromatic nitrogens is 3. The summed E-state index contributed by atoms with van der Waals surface area (Å²) in [4.78, 5) is 16.9. The Hall–Kier alpha value is -3.80. The molecule has 0 fully saturated rings. The lowest BCUT2D eigenvalue weighted by Gasteiger charge is -2.09. The summed E-state index contributed by atoms with van der Waals surface area (Å²) in [5.74, 6) is -0.677. The van der Waals surface area contributed by atoms with Crippen molar-refractivity contribution in [2.45, 2.75) is 13.5 Å². The van der Waals surface area contributed by atoms with E-state index in [-0.39, 0.29) is 11.7 Å². The third-order valence-corrected chi connectivity index (χ3v) is 4.54. The Morgan fingerprint density at radius 1 is 1.03 bits per heavy atom. The molecule has 6 heteroatoms. The van der Waals surface area contributed by atoms with Crippen molar-refractivity contribution >= 4 is 5.91 Å². The molecule has 0 aliphatic carbocycles. The molecule has 2 heterocycles. The molecule has 4 rings (SSSR count). The Morgan fingerprint density at radius 2 is 1.83 bits per heavy atom. The molecule has 0 aliphatic rings. The first-order chi connectivity index (χ1) is 14.1. The van der Waals surface area contributed by atoms with E-state index in [1.165, 1.54) is 6.07 Å². The maximum absolute atomic E-state index is 14.3. The van der Waals surface area contributed by atoms with E-state index in [1.807, 2.05) is 43.3 Å². The molecule has 2 aromatic carbocycles. The van der Waals surface area contributed by atoms with Crippen LogP contribution in [0, 0.1) is 12.7 Å². The van der Waals surface area contributed by atoms with Gasteiger partial charge in [0, 0.05) is 24.5 Å². The zero-order valence-corrected chi connectivity index (χ0v) is 15.8. The van der Waals surface area contributed by atoms with E-state index < -0.39 is 0 Å². The van der Waals surface area contributed by atoms with Gasteiger partial charge in [-0.3, -0.25) is 9.78 Å². The van der Waals surface area contributed by atoms with Crippen molar-refractivity contribution in [3.63, 3.8) is 0 Å². The molecule has 0 atom stereocenters. The third-order valence-electron chi connectivity index (χ3n) is 4.54. The second-order valence-electron chi connectivity index (χ2n) is 6.68. The van der Waals surface area contributed by atoms with Gasteiger partial charge in [-0.25, -0.2) is 9.07 Å². The smallest absolute Gasteiger partial charge is 0.270 e. The van der Waals surface area contributed by atoms with Gasteiger partial charge in [-0.05, 0) is 60.5 Å². The average Bonchev–Trinajstić information content (AvgIpc) is 3.18. The van der Waals surface area contributed by atoms with Crippen LogP contribution in [-0.4, -0.2) is 20.7 Å². The highest BCUT2D eigenvalue weighted by molar-refractivity contribution is 5.94. The summed E-state index contributed by atoms with van der Waals surface area (Å²) in [6.45, 7) is 2.32. The van der Waals surface area contributed by atoms with Crippen molar-refractivity contribution < 1.29 is 9.18 Å². The van der Waals surface area contributed by atoms with Gasteiger partial charge in [-0.1, -0.05) is 24.3 Å². The summed E-state index contributed by atoms with van der Waals surface area (Å²) < 4.78 is 15.8. The van der Waals surface area contributed by atoms with Gasteiger partial charge in [0.15, 0.2) is 0 Å². The Balaban J connectivity index is 1.72. The van der Waals surface area contributed by atoms with Crippen LogP contribution in [0.5, 0.6) is 0 Å². The van der Waals surface area contributed by atoms with Crippen LogP contribution in [0.2, 0.25) is 0 Å². The topological polar surface area (TPSA) is 59.8 Å². The second kappa shape index (κ2) is 8.06. The van der Waals surface area contributed by atoms with Gasteiger partial charge in [-0.2, -0.15) is 5.10 Å². The Kier molecular flexibility index (Phi) is 5.16. The lowest BCUT2D eigenvalue weighted by molar-refractivity contribution is 0.0943. The molecule has 2 aromatic heterocycles. The molecule has 1 N–H and O–H groups in total. The fraction of sp³-hybridized carbons (Fsp3) is 0.0870. The highest BCUT2D eigenvalue weighted by atomic mass is 19.1. The third kappa shape index (κ3) is 4.06. The highest BCUT2D eigenvalue weighted by Gasteiger charge is 2.19. The number of rotatable bonds is 5. The van der Waals surface area contributed by atoms with Gasteiger partial charge < -0.3 is 5.32 Å². The molecule has 5 nitrogen and oxygen atoms in total. The molecule has 0 saturated carbocycles. The number of amides is 1. The first-order valence-electron chi connectivity index (χ1n) is 9.21. The quantitative estimate of drug-likeness (QED) is 0.556. The summed E-state index contributed by atoms with van der Waals surface area (Å²) in [5.41, 5.74) is 3.79. The molecule has 0 aliphatic heterocycles. The van der Waals surface area contributed by atoms with E-state index in [0.717, 1.165) is 16.8 Å². The number of carbonyl (C=O) groups is 1. The first-order valence-corrected chi connectivity index (χ1v) is 9.21. The van der Waals surface area contributed by atoms with E-state index in [0.29, 0.717) is 23.5 Å². The molecule has 0 spiro atoms. The lowest BCUT2D eigenvalue weighted by atomic mass is 10.1. The molecular formula is C23H19FN4O. The lowest BCUT2D eigenvalue weighted by Crippen LogP contribution is -2.25. The van der Waals surface area contributed by atoms with Crippen molar-refractivity contribution in [1.82, 2.24) is 20.1 Å². The Morgan fingerprint density at radius 3 is 2.59 bits per heavy atom. The minimum atomic E-state index is -0.384. The Labute approximate surface area is 167 Å². The molecule has 4 aromatic rings. The minimum absolute atomic E-state index is 0.293. The number of nitrogens with zero attached hydrogens (tertiary/aromatic N) is 3. The van der Waals surface area contributed by atoms with Crippen molar-refractivity contribution in [1.29, 1.82) is 0 Å². The zero-order chi connectivity index (χ0) is 20.2. The van der Waals surface area contributed by atoms with Crippen molar-refractivity contribution in [2.24, 2.45) is 0 Å². The van der Waals surface area contributed by atoms with E-state index >= 15 is 0 Å². The van der Waals surface area contributed by atoms with E-state index in [2.05, 4.69) is 15.4 Å². The van der Waals surface area contributed by atoms with Crippen LogP contribution in [0.3, 0.4) is 0 Å². The second-order valence-corrected chi connectivity index (χ2v) is 6.68. The van der Waals surface area contributed by atoms with Gasteiger partial charge >= 0.3 is 0 Å². The Bertz CT molecular complexity index is 1150. The van der Waals surface area contributed by atoms with Crippen LogP contribution in [0.25, 0.3) is 16.9 Å². The van der Waals surface area contributed by atoms with Crippen molar-refractivity contribution in [3.05, 3.63) is 102 Å². The number of benzene rings is 2. The maximum Gasteiger partial charge on any atom is 0.270 e. The van der Waals surface area contributed by atoms with E-state index in [1.54, 1.807) is 41.3 Å². The predicted molar refractivity (Wildman–Crippen MR) is 109 cm³/mol. The van der Waals surface area contributed by atoms with Crippen molar-refractivity contribution in [2.75, 3.05) is 0 Å². The number of pyridine rings is 1. The number of nitrogens with one attached hydrogen (secondary N) is 1. The molecular weight excluding hydrogens is 367 g/mol. The molecule has 0 saturated heterocycles. The molecule has 0 unspecified atom stereocenters. The van der Waals surface area contributed by atoms with Gasteiger partial charge in [0.1, 0.15) is 11.5 Å². The van der Waals surface area contributed by atoms with Crippen LogP contribution in [-0.2, 0) is 6.54 Å². The fourth-order valence-corrected chi connectivity index (χ4v) is 3.07. The van der Waals surface area contributed by atoms with Crippen LogP contribution < -0.4 is 5.32 Å². The molecule has 144 valence electrons. The average molecular weight is 386 g/mol. The number of hydrogen-bond acceptors (Lipinski definition) is 3. The maximum atomic E-state index is 14.3. The number of aryl methyl sites for hydroxylation is 1. The molecule has 29 heavy (non-hydrogen) atoms. The summed E-state index contributed by atoms with van der Waals surface area (Å²) in [6, 6.07) is 19.3. The standard InChI is InChI=1S/C23H19FN4O/c1-16-5-4-6-18(13-16)28-22(23(29)26-15-17-9-11-25-12-10-17)14-21(27-28)19-7-2-3-8-20(19)24/h2-14H,15H2,1H3,(H,26,29). The summed E-state index contributed by atoms with van der Waals surface area (Å²) in [7, 11) is 0. The normalized spacial score (nSPS) is 10.7. The molecule has 0 radical (unpaired) electrons. The van der Waals surface area contributed by atoms with Crippen LogP contribution >= 0.6 is 0 Å². The van der Waals surface area contributed by atoms with Crippen LogP contribution in [0.4, 0.5) is 4.39 Å². The fourth-order valence-electron chi connectivity index (χ4n) is 3.07. The molecule has 0 bridgehead atoms. The van der Waals surface area contributed by atoms with Gasteiger partial charge in [-0.15, -0.1) is 0 Å². The number of carbonyl (C=O) groups excluding carboxylic acids is 1. The number of hydrogen-bond donors (Lipinski definition) is 1. The summed E-state index contributed by atoms with van der Waals surface area (Å²) in [6.07, 6.45) is 3.35. The van der Waals surface area contributed by atoms with E-state index in [4.69, 9.17) is 0 Å². The monoisotopic (exact) mass is 386 g/mol. The largest absolute Gasteiger partial charge is 0.347 e. The number of halogens is 1. The minimum Gasteiger partial charge on any atom is -0.347 e.